The zero-order chi connectivity index (χ0) is 20.9. The van der Waals surface area contributed by atoms with Gasteiger partial charge in [0.15, 0.2) is 5.16 Å². The predicted molar refractivity (Wildman–Crippen MR) is 126 cm³/mol. The smallest absolute Gasteiger partial charge is 0.234 e. The lowest BCUT2D eigenvalue weighted by atomic mass is 9.97. The maximum absolute atomic E-state index is 12.7. The summed E-state index contributed by atoms with van der Waals surface area (Å²) >= 11 is 1.45. The molecule has 0 saturated heterocycles. The fourth-order valence-electron chi connectivity index (χ4n) is 3.50. The van der Waals surface area contributed by atoms with Crippen molar-refractivity contribution in [1.29, 1.82) is 0 Å². The lowest BCUT2D eigenvalue weighted by Gasteiger charge is -2.15. The third-order valence-corrected chi connectivity index (χ3v) is 6.19. The van der Waals surface area contributed by atoms with Gasteiger partial charge in [0.2, 0.25) is 5.91 Å². The van der Waals surface area contributed by atoms with Crippen LogP contribution >= 0.6 is 11.8 Å². The summed E-state index contributed by atoms with van der Waals surface area (Å²) in [6.07, 6.45) is 1.03. The number of amides is 1. The van der Waals surface area contributed by atoms with Crippen molar-refractivity contribution < 1.29 is 4.79 Å². The Labute approximate surface area is 181 Å². The predicted octanol–water partition coefficient (Wildman–Crippen LogP) is 6.27. The molecule has 0 bridgehead atoms. The first-order valence-corrected chi connectivity index (χ1v) is 11.2. The molecule has 152 valence electrons. The minimum Gasteiger partial charge on any atom is -0.325 e. The molecule has 1 atom stereocenters. The summed E-state index contributed by atoms with van der Waals surface area (Å²) in [4.78, 5) is 17.5. The molecule has 4 rings (SSSR count). The van der Waals surface area contributed by atoms with E-state index in [-0.39, 0.29) is 5.91 Å². The van der Waals surface area contributed by atoms with Crippen molar-refractivity contribution >= 4 is 34.4 Å². The number of nitrogens with zero attached hydrogens (tertiary/aromatic N) is 2. The molecule has 0 aliphatic carbocycles. The van der Waals surface area contributed by atoms with Crippen molar-refractivity contribution in [3.8, 4) is 5.69 Å². The van der Waals surface area contributed by atoms with Gasteiger partial charge in [-0.2, -0.15) is 0 Å². The molecular weight excluding hydrogens is 390 g/mol. The number of aromatic nitrogens is 2. The number of rotatable bonds is 7. The Morgan fingerprint density at radius 1 is 1.00 bits per heavy atom. The molecule has 4 aromatic rings. The van der Waals surface area contributed by atoms with Crippen LogP contribution in [0, 0.1) is 0 Å². The fourth-order valence-corrected chi connectivity index (χ4v) is 4.33. The van der Waals surface area contributed by atoms with E-state index in [1.165, 1.54) is 17.3 Å². The largest absolute Gasteiger partial charge is 0.325 e. The molecule has 4 nitrogen and oxygen atoms in total. The van der Waals surface area contributed by atoms with Crippen LogP contribution in [-0.4, -0.2) is 21.2 Å². The summed E-state index contributed by atoms with van der Waals surface area (Å²) in [7, 11) is 0. The Hall–Kier alpha value is -3.05. The normalized spacial score (nSPS) is 12.1. The van der Waals surface area contributed by atoms with Crippen molar-refractivity contribution in [2.24, 2.45) is 0 Å². The molecule has 0 aliphatic heterocycles. The van der Waals surface area contributed by atoms with Gasteiger partial charge in [-0.05, 0) is 48.2 Å². The van der Waals surface area contributed by atoms with E-state index in [4.69, 9.17) is 4.98 Å². The van der Waals surface area contributed by atoms with E-state index in [9.17, 15) is 4.79 Å². The van der Waals surface area contributed by atoms with Gasteiger partial charge in [0.05, 0.1) is 16.8 Å². The molecule has 1 aromatic heterocycles. The molecule has 5 heteroatoms. The average molecular weight is 416 g/mol. The van der Waals surface area contributed by atoms with Gasteiger partial charge in [-0.15, -0.1) is 0 Å². The Bertz CT molecular complexity index is 1150. The van der Waals surface area contributed by atoms with Crippen molar-refractivity contribution in [2.45, 2.75) is 31.3 Å². The molecule has 0 aliphatic rings. The van der Waals surface area contributed by atoms with Crippen LogP contribution < -0.4 is 5.32 Å². The van der Waals surface area contributed by atoms with Crippen molar-refractivity contribution in [1.82, 2.24) is 9.55 Å². The molecule has 1 amide bonds. The van der Waals surface area contributed by atoms with Gasteiger partial charge < -0.3 is 5.32 Å². The number of anilines is 1. The minimum atomic E-state index is -0.0255. The summed E-state index contributed by atoms with van der Waals surface area (Å²) in [6, 6.07) is 26.2. The van der Waals surface area contributed by atoms with E-state index in [1.54, 1.807) is 0 Å². The quantitative estimate of drug-likeness (QED) is 0.362. The number of hydrogen-bond donors (Lipinski definition) is 1. The zero-order valence-corrected chi connectivity index (χ0v) is 18.0. The third-order valence-electron chi connectivity index (χ3n) is 5.25. The number of benzene rings is 3. The number of imidazole rings is 1. The first kappa shape index (κ1) is 20.2. The maximum atomic E-state index is 12.7. The van der Waals surface area contributed by atoms with E-state index < -0.39 is 0 Å². The number of para-hydroxylation sites is 4. The number of thioether (sulfide) groups is 1. The van der Waals surface area contributed by atoms with E-state index in [0.717, 1.165) is 34.0 Å². The standard InChI is InChI=1S/C25H25N3OS/c1-3-18(2)20-13-7-8-14-21(20)26-24(29)17-30-25-27-22-15-9-10-16-23(22)28(25)19-11-5-4-6-12-19/h4-16,18H,3,17H2,1-2H3,(H,26,29). The lowest BCUT2D eigenvalue weighted by molar-refractivity contribution is -0.113. The first-order chi connectivity index (χ1) is 14.7. The first-order valence-electron chi connectivity index (χ1n) is 10.2. The maximum Gasteiger partial charge on any atom is 0.234 e. The van der Waals surface area contributed by atoms with E-state index in [1.807, 2.05) is 54.6 Å². The van der Waals surface area contributed by atoms with Crippen molar-refractivity contribution in [2.75, 3.05) is 11.1 Å². The van der Waals surface area contributed by atoms with E-state index >= 15 is 0 Å². The Kier molecular flexibility index (Phi) is 6.19. The summed E-state index contributed by atoms with van der Waals surface area (Å²) in [5.41, 5.74) is 5.07. The van der Waals surface area contributed by atoms with Crippen LogP contribution in [0.15, 0.2) is 84.0 Å². The molecule has 0 saturated carbocycles. The highest BCUT2D eigenvalue weighted by Gasteiger charge is 2.15. The van der Waals surface area contributed by atoms with Gasteiger partial charge in [-0.1, -0.05) is 74.1 Å². The molecule has 1 heterocycles. The van der Waals surface area contributed by atoms with E-state index in [2.05, 4.69) is 48.0 Å². The van der Waals surface area contributed by atoms with Crippen molar-refractivity contribution in [3.05, 3.63) is 84.4 Å². The molecule has 1 N–H and O–H groups in total. The summed E-state index contributed by atoms with van der Waals surface area (Å²) in [6.45, 7) is 4.34. The second-order valence-corrected chi connectivity index (χ2v) is 8.23. The number of carbonyl (C=O) groups excluding carboxylic acids is 1. The number of nitrogens with one attached hydrogen (secondary N) is 1. The van der Waals surface area contributed by atoms with Crippen LogP contribution in [0.2, 0.25) is 0 Å². The number of carbonyl (C=O) groups is 1. The van der Waals surface area contributed by atoms with Gasteiger partial charge in [0.25, 0.3) is 0 Å². The highest BCUT2D eigenvalue weighted by Crippen LogP contribution is 2.29. The van der Waals surface area contributed by atoms with Crippen LogP contribution in [0.4, 0.5) is 5.69 Å². The zero-order valence-electron chi connectivity index (χ0n) is 17.2. The second-order valence-electron chi connectivity index (χ2n) is 7.29. The van der Waals surface area contributed by atoms with Crippen LogP contribution in [0.3, 0.4) is 0 Å². The van der Waals surface area contributed by atoms with Crippen LogP contribution in [0.5, 0.6) is 0 Å². The summed E-state index contributed by atoms with van der Waals surface area (Å²) in [5.74, 6) is 0.671. The second kappa shape index (κ2) is 9.18. The summed E-state index contributed by atoms with van der Waals surface area (Å²) < 4.78 is 2.11. The number of hydrogen-bond acceptors (Lipinski definition) is 3. The molecular formula is C25H25N3OS. The third kappa shape index (κ3) is 4.26. The van der Waals surface area contributed by atoms with E-state index in [0.29, 0.717) is 11.7 Å². The highest BCUT2D eigenvalue weighted by atomic mass is 32.2. The Balaban J connectivity index is 1.56. The van der Waals surface area contributed by atoms with Crippen LogP contribution in [0.25, 0.3) is 16.7 Å². The topological polar surface area (TPSA) is 46.9 Å². The molecule has 0 radical (unpaired) electrons. The van der Waals surface area contributed by atoms with Gasteiger partial charge >= 0.3 is 0 Å². The molecule has 0 fully saturated rings. The Morgan fingerprint density at radius 2 is 1.70 bits per heavy atom. The van der Waals surface area contributed by atoms with Gasteiger partial charge in [0.1, 0.15) is 0 Å². The monoisotopic (exact) mass is 415 g/mol. The van der Waals surface area contributed by atoms with Gasteiger partial charge in [-0.3, -0.25) is 9.36 Å². The fraction of sp³-hybridized carbons (Fsp3) is 0.200. The van der Waals surface area contributed by atoms with Gasteiger partial charge in [-0.25, -0.2) is 4.98 Å². The van der Waals surface area contributed by atoms with Crippen LogP contribution in [0.1, 0.15) is 31.7 Å². The van der Waals surface area contributed by atoms with Crippen molar-refractivity contribution in [3.63, 3.8) is 0 Å². The lowest BCUT2D eigenvalue weighted by Crippen LogP contribution is -2.16. The highest BCUT2D eigenvalue weighted by molar-refractivity contribution is 7.99. The Morgan fingerprint density at radius 3 is 2.50 bits per heavy atom. The SMILES string of the molecule is CCC(C)c1ccccc1NC(=O)CSc1nc2ccccc2n1-c1ccccc1. The molecule has 30 heavy (non-hydrogen) atoms. The number of fused-ring (bicyclic) bond motifs is 1. The summed E-state index contributed by atoms with van der Waals surface area (Å²) in [5, 5.41) is 3.90. The van der Waals surface area contributed by atoms with Gasteiger partial charge in [0, 0.05) is 11.4 Å². The molecule has 3 aromatic carbocycles. The molecule has 1 unspecified atom stereocenters. The average Bonchev–Trinajstić information content (AvgIpc) is 3.16. The molecule has 0 spiro atoms. The minimum absolute atomic E-state index is 0.0255. The van der Waals surface area contributed by atoms with Crippen LogP contribution in [-0.2, 0) is 4.79 Å².